The lowest BCUT2D eigenvalue weighted by molar-refractivity contribution is 0.112. The lowest BCUT2D eigenvalue weighted by atomic mass is 10.1. The highest BCUT2D eigenvalue weighted by Gasteiger charge is 2.10. The van der Waals surface area contributed by atoms with E-state index < -0.39 is 0 Å². The van der Waals surface area contributed by atoms with Gasteiger partial charge >= 0.3 is 0 Å². The highest BCUT2D eigenvalue weighted by atomic mass is 32.1. The van der Waals surface area contributed by atoms with Crippen LogP contribution in [0.15, 0.2) is 23.6 Å². The van der Waals surface area contributed by atoms with Gasteiger partial charge in [-0.1, -0.05) is 16.6 Å². The van der Waals surface area contributed by atoms with Gasteiger partial charge in [-0.3, -0.25) is 4.79 Å². The average Bonchev–Trinajstić information content (AvgIpc) is 2.70. The van der Waals surface area contributed by atoms with Crippen LogP contribution in [0.3, 0.4) is 0 Å². The molecule has 1 aromatic carbocycles. The number of nitrogens with zero attached hydrogens (tertiary/aromatic N) is 2. The molecule has 0 saturated heterocycles. The predicted octanol–water partition coefficient (Wildman–Crippen LogP) is 1.72. The number of aromatic hydroxyl groups is 1. The molecular formula is C9H6N2O2S. The Balaban J connectivity index is 2.64. The zero-order chi connectivity index (χ0) is 9.97. The van der Waals surface area contributed by atoms with Gasteiger partial charge < -0.3 is 5.11 Å². The first kappa shape index (κ1) is 8.83. The summed E-state index contributed by atoms with van der Waals surface area (Å²) in [7, 11) is 0. The minimum Gasteiger partial charge on any atom is -0.507 e. The topological polar surface area (TPSA) is 63.1 Å². The van der Waals surface area contributed by atoms with Gasteiger partial charge in [-0.05, 0) is 17.6 Å². The van der Waals surface area contributed by atoms with Gasteiger partial charge in [-0.15, -0.1) is 5.10 Å². The maximum Gasteiger partial charge on any atom is 0.154 e. The predicted molar refractivity (Wildman–Crippen MR) is 52.4 cm³/mol. The molecule has 70 valence electrons. The van der Waals surface area contributed by atoms with E-state index in [4.69, 9.17) is 0 Å². The van der Waals surface area contributed by atoms with Crippen LogP contribution in [-0.2, 0) is 0 Å². The van der Waals surface area contributed by atoms with Crippen molar-refractivity contribution in [2.24, 2.45) is 0 Å². The van der Waals surface area contributed by atoms with E-state index in [9.17, 15) is 9.90 Å². The van der Waals surface area contributed by atoms with Crippen molar-refractivity contribution in [2.75, 3.05) is 0 Å². The summed E-state index contributed by atoms with van der Waals surface area (Å²) in [6.07, 6.45) is 0.615. The zero-order valence-corrected chi connectivity index (χ0v) is 7.86. The highest BCUT2D eigenvalue weighted by molar-refractivity contribution is 7.03. The summed E-state index contributed by atoms with van der Waals surface area (Å²) >= 11 is 1.20. The molecule has 1 aromatic heterocycles. The van der Waals surface area contributed by atoms with Crippen LogP contribution in [-0.4, -0.2) is 21.0 Å². The van der Waals surface area contributed by atoms with Gasteiger partial charge in [0.25, 0.3) is 0 Å². The highest BCUT2D eigenvalue weighted by Crippen LogP contribution is 2.27. The van der Waals surface area contributed by atoms with Crippen LogP contribution in [0, 0.1) is 0 Å². The molecule has 1 N–H and O–H groups in total. The Hall–Kier alpha value is -1.75. The molecule has 0 bridgehead atoms. The summed E-state index contributed by atoms with van der Waals surface area (Å²) < 4.78 is 3.70. The Morgan fingerprint density at radius 3 is 2.93 bits per heavy atom. The molecule has 0 atom stereocenters. The van der Waals surface area contributed by atoms with Gasteiger partial charge in [0, 0.05) is 10.9 Å². The molecule has 0 saturated carbocycles. The standard InChI is InChI=1S/C9H6N2O2S/c12-4-7-6(2-1-3-9(7)13)8-5-14-11-10-8/h1-5,13H. The van der Waals surface area contributed by atoms with E-state index in [-0.39, 0.29) is 11.3 Å². The molecule has 0 aliphatic carbocycles. The summed E-state index contributed by atoms with van der Waals surface area (Å²) in [5.74, 6) is -0.0366. The van der Waals surface area contributed by atoms with Crippen LogP contribution < -0.4 is 0 Å². The maximum absolute atomic E-state index is 10.7. The summed E-state index contributed by atoms with van der Waals surface area (Å²) in [5, 5.41) is 15.0. The number of phenolic OH excluding ortho intramolecular Hbond substituents is 1. The number of carbonyl (C=O) groups is 1. The van der Waals surface area contributed by atoms with Gasteiger partial charge in [0.15, 0.2) is 6.29 Å². The largest absolute Gasteiger partial charge is 0.507 e. The van der Waals surface area contributed by atoms with Crippen LogP contribution in [0.25, 0.3) is 11.3 Å². The third kappa shape index (κ3) is 1.38. The molecule has 1 heterocycles. The van der Waals surface area contributed by atoms with Crippen LogP contribution in [0.2, 0.25) is 0 Å². The number of phenols is 1. The average molecular weight is 206 g/mol. The van der Waals surface area contributed by atoms with Crippen molar-refractivity contribution in [3.63, 3.8) is 0 Å². The monoisotopic (exact) mass is 206 g/mol. The number of hydrogen-bond donors (Lipinski definition) is 1. The third-order valence-electron chi connectivity index (χ3n) is 1.84. The lowest BCUT2D eigenvalue weighted by Gasteiger charge is -2.01. The quantitative estimate of drug-likeness (QED) is 0.760. The Morgan fingerprint density at radius 1 is 1.43 bits per heavy atom. The van der Waals surface area contributed by atoms with E-state index in [0.29, 0.717) is 17.5 Å². The van der Waals surface area contributed by atoms with E-state index in [0.717, 1.165) is 0 Å². The van der Waals surface area contributed by atoms with Crippen molar-refractivity contribution in [1.82, 2.24) is 9.59 Å². The summed E-state index contributed by atoms with van der Waals surface area (Å²) in [6, 6.07) is 4.85. The molecule has 14 heavy (non-hydrogen) atoms. The van der Waals surface area contributed by atoms with Crippen molar-refractivity contribution in [3.05, 3.63) is 29.1 Å². The summed E-state index contributed by atoms with van der Waals surface area (Å²) in [4.78, 5) is 10.7. The molecular weight excluding hydrogens is 200 g/mol. The fraction of sp³-hybridized carbons (Fsp3) is 0. The molecule has 0 aliphatic rings. The van der Waals surface area contributed by atoms with Gasteiger partial charge in [0.05, 0.1) is 5.56 Å². The second kappa shape index (κ2) is 3.55. The van der Waals surface area contributed by atoms with Crippen molar-refractivity contribution in [1.29, 1.82) is 0 Å². The van der Waals surface area contributed by atoms with E-state index >= 15 is 0 Å². The minimum atomic E-state index is -0.0366. The first-order valence-electron chi connectivity index (χ1n) is 3.87. The maximum atomic E-state index is 10.7. The number of aromatic nitrogens is 2. The molecule has 0 unspecified atom stereocenters. The zero-order valence-electron chi connectivity index (χ0n) is 7.04. The SMILES string of the molecule is O=Cc1c(O)cccc1-c1csnn1. The second-order valence-corrected chi connectivity index (χ2v) is 3.26. The van der Waals surface area contributed by atoms with Crippen LogP contribution in [0.5, 0.6) is 5.75 Å². The summed E-state index contributed by atoms with van der Waals surface area (Å²) in [6.45, 7) is 0. The number of aldehydes is 1. The first-order chi connectivity index (χ1) is 6.83. The Kier molecular flexibility index (Phi) is 2.24. The van der Waals surface area contributed by atoms with Crippen LogP contribution >= 0.6 is 11.5 Å². The smallest absolute Gasteiger partial charge is 0.154 e. The van der Waals surface area contributed by atoms with Gasteiger partial charge in [-0.2, -0.15) is 0 Å². The molecule has 2 aromatic rings. The second-order valence-electron chi connectivity index (χ2n) is 2.65. The van der Waals surface area contributed by atoms with Crippen molar-refractivity contribution < 1.29 is 9.90 Å². The normalized spacial score (nSPS) is 10.0. The van der Waals surface area contributed by atoms with Crippen molar-refractivity contribution in [3.8, 4) is 17.0 Å². The van der Waals surface area contributed by atoms with Crippen molar-refractivity contribution >= 4 is 17.8 Å². The summed E-state index contributed by atoms with van der Waals surface area (Å²) in [5.41, 5.74) is 1.46. The number of benzene rings is 1. The van der Waals surface area contributed by atoms with E-state index in [1.54, 1.807) is 17.5 Å². The Morgan fingerprint density at radius 2 is 2.29 bits per heavy atom. The molecule has 0 spiro atoms. The van der Waals surface area contributed by atoms with Crippen LogP contribution in [0.4, 0.5) is 0 Å². The molecule has 2 rings (SSSR count). The molecule has 4 nitrogen and oxygen atoms in total. The van der Waals surface area contributed by atoms with E-state index in [1.807, 2.05) is 0 Å². The fourth-order valence-electron chi connectivity index (χ4n) is 1.18. The molecule has 5 heteroatoms. The number of hydrogen-bond acceptors (Lipinski definition) is 5. The van der Waals surface area contributed by atoms with Crippen molar-refractivity contribution in [2.45, 2.75) is 0 Å². The number of rotatable bonds is 2. The van der Waals surface area contributed by atoms with Gasteiger partial charge in [-0.25, -0.2) is 0 Å². The van der Waals surface area contributed by atoms with Gasteiger partial charge in [0.2, 0.25) is 0 Å². The minimum absolute atomic E-state index is 0.0366. The first-order valence-corrected chi connectivity index (χ1v) is 4.71. The molecule has 0 aliphatic heterocycles. The Labute approximate surface area is 84.0 Å². The molecule has 0 radical (unpaired) electrons. The molecule has 0 amide bonds. The Bertz CT molecular complexity index is 454. The van der Waals surface area contributed by atoms with E-state index in [1.165, 1.54) is 17.6 Å². The molecule has 0 fully saturated rings. The van der Waals surface area contributed by atoms with Gasteiger partial charge in [0.1, 0.15) is 11.4 Å². The lowest BCUT2D eigenvalue weighted by Crippen LogP contribution is -1.88. The van der Waals surface area contributed by atoms with E-state index in [2.05, 4.69) is 9.59 Å². The number of carbonyl (C=O) groups excluding carboxylic acids is 1. The fourth-order valence-corrected chi connectivity index (χ4v) is 1.64. The third-order valence-corrected chi connectivity index (χ3v) is 2.34. The van der Waals surface area contributed by atoms with Crippen LogP contribution in [0.1, 0.15) is 10.4 Å².